The number of alkyl halides is 1. The molecule has 1 aliphatic rings. The van der Waals surface area contributed by atoms with E-state index >= 15 is 0 Å². The fourth-order valence-electron chi connectivity index (χ4n) is 1.57. The molecule has 1 heterocycles. The molecule has 0 spiro atoms. The van der Waals surface area contributed by atoms with Crippen LogP contribution in [0, 0.1) is 5.92 Å². The Morgan fingerprint density at radius 2 is 1.92 bits per heavy atom. The summed E-state index contributed by atoms with van der Waals surface area (Å²) in [5, 5.41) is 3.20. The minimum absolute atomic E-state index is 0.00810. The van der Waals surface area contributed by atoms with Gasteiger partial charge >= 0.3 is 0 Å². The van der Waals surface area contributed by atoms with Crippen molar-refractivity contribution in [3.8, 4) is 0 Å². The molecule has 1 rings (SSSR count). The highest BCUT2D eigenvalue weighted by molar-refractivity contribution is 7.91. The summed E-state index contributed by atoms with van der Waals surface area (Å²) in [4.78, 5) is 0. The predicted octanol–water partition coefficient (Wildman–Crippen LogP) is 0.718. The normalized spacial score (nSPS) is 20.4. The summed E-state index contributed by atoms with van der Waals surface area (Å²) in [6.07, 6.45) is 2.65. The third kappa shape index (κ3) is 4.04. The lowest BCUT2D eigenvalue weighted by molar-refractivity contribution is 0.365. The first-order valence-electron chi connectivity index (χ1n) is 4.61. The van der Waals surface area contributed by atoms with Crippen LogP contribution in [-0.4, -0.2) is 33.3 Å². The van der Waals surface area contributed by atoms with Gasteiger partial charge in [-0.2, -0.15) is 0 Å². The number of nitrogens with one attached hydrogen (secondary N) is 1. The van der Waals surface area contributed by atoms with Gasteiger partial charge in [-0.3, -0.25) is 0 Å². The Balaban J connectivity index is 2.25. The van der Waals surface area contributed by atoms with Crippen molar-refractivity contribution in [1.82, 2.24) is 5.32 Å². The molecule has 0 bridgehead atoms. The van der Waals surface area contributed by atoms with Crippen LogP contribution in [0.25, 0.3) is 0 Å². The van der Waals surface area contributed by atoms with Crippen molar-refractivity contribution in [3.63, 3.8) is 0 Å². The molecular weight excluding hydrogens is 193 g/mol. The van der Waals surface area contributed by atoms with Crippen molar-refractivity contribution in [2.45, 2.75) is 19.3 Å². The van der Waals surface area contributed by atoms with Crippen LogP contribution < -0.4 is 5.32 Å². The maximum atomic E-state index is 11.9. The summed E-state index contributed by atoms with van der Waals surface area (Å²) in [5.74, 6) is 0.469. The number of sulfone groups is 1. The van der Waals surface area contributed by atoms with E-state index in [4.69, 9.17) is 0 Å². The predicted molar refractivity (Wildman–Crippen MR) is 50.0 cm³/mol. The fraction of sp³-hybridized carbons (Fsp3) is 1.00. The minimum atomic E-state index is -3.41. The van der Waals surface area contributed by atoms with Crippen LogP contribution in [0.5, 0.6) is 0 Å². The summed E-state index contributed by atoms with van der Waals surface area (Å²) in [6.45, 7) is 1.92. The molecular formula is C8H16FNO2S. The van der Waals surface area contributed by atoms with Gasteiger partial charge in [-0.15, -0.1) is 0 Å². The van der Waals surface area contributed by atoms with Crippen molar-refractivity contribution < 1.29 is 12.8 Å². The van der Waals surface area contributed by atoms with E-state index in [9.17, 15) is 12.8 Å². The number of halogens is 1. The van der Waals surface area contributed by atoms with E-state index in [1.54, 1.807) is 0 Å². The van der Waals surface area contributed by atoms with Gasteiger partial charge in [0.25, 0.3) is 0 Å². The third-order valence-corrected chi connectivity index (χ3v) is 3.65. The average Bonchev–Trinajstić information content (AvgIpc) is 2.17. The molecule has 5 heteroatoms. The third-order valence-electron chi connectivity index (χ3n) is 2.46. The van der Waals surface area contributed by atoms with Crippen LogP contribution in [0.15, 0.2) is 0 Å². The van der Waals surface area contributed by atoms with Crippen LogP contribution in [-0.2, 0) is 9.84 Å². The number of hydrogen-bond acceptors (Lipinski definition) is 3. The van der Waals surface area contributed by atoms with Gasteiger partial charge in [-0.1, -0.05) is 0 Å². The van der Waals surface area contributed by atoms with Gasteiger partial charge in [0.2, 0.25) is 0 Å². The molecule has 1 N–H and O–H groups in total. The molecule has 0 unspecified atom stereocenters. The van der Waals surface area contributed by atoms with Crippen molar-refractivity contribution in [2.24, 2.45) is 5.92 Å². The zero-order valence-electron chi connectivity index (χ0n) is 7.63. The second kappa shape index (κ2) is 4.91. The molecule has 0 aromatic heterocycles. The second-order valence-corrected chi connectivity index (χ2v) is 5.65. The maximum Gasteiger partial charge on any atom is 0.190 e. The molecule has 0 aromatic carbocycles. The van der Waals surface area contributed by atoms with E-state index < -0.39 is 15.8 Å². The summed E-state index contributed by atoms with van der Waals surface area (Å²) in [5.41, 5.74) is 0. The van der Waals surface area contributed by atoms with Crippen molar-refractivity contribution in [2.75, 3.05) is 24.8 Å². The Kier molecular flexibility index (Phi) is 4.12. The van der Waals surface area contributed by atoms with Crippen molar-refractivity contribution in [1.29, 1.82) is 0 Å². The first-order chi connectivity index (χ1) is 6.14. The van der Waals surface area contributed by atoms with Crippen LogP contribution in [0.4, 0.5) is 4.39 Å². The summed E-state index contributed by atoms with van der Waals surface area (Å²) >= 11 is 0. The van der Waals surface area contributed by atoms with E-state index in [0.717, 1.165) is 25.9 Å². The van der Waals surface area contributed by atoms with Crippen LogP contribution >= 0.6 is 0 Å². The minimum Gasteiger partial charge on any atom is -0.317 e. The lowest BCUT2D eigenvalue weighted by Crippen LogP contribution is -2.28. The van der Waals surface area contributed by atoms with E-state index in [1.165, 1.54) is 0 Å². The van der Waals surface area contributed by atoms with Gasteiger partial charge in [-0.05, 0) is 38.3 Å². The molecule has 0 atom stereocenters. The molecule has 1 fully saturated rings. The Morgan fingerprint density at radius 3 is 2.46 bits per heavy atom. The maximum absolute atomic E-state index is 11.9. The Hall–Kier alpha value is -0.160. The molecule has 0 radical (unpaired) electrons. The molecule has 1 aliphatic heterocycles. The number of rotatable bonds is 4. The molecule has 0 aliphatic carbocycles. The number of hydrogen-bond donors (Lipinski definition) is 1. The summed E-state index contributed by atoms with van der Waals surface area (Å²) in [7, 11) is -3.41. The van der Waals surface area contributed by atoms with Crippen LogP contribution in [0.3, 0.4) is 0 Å². The smallest absolute Gasteiger partial charge is 0.190 e. The Morgan fingerprint density at radius 1 is 1.31 bits per heavy atom. The molecule has 13 heavy (non-hydrogen) atoms. The van der Waals surface area contributed by atoms with Crippen molar-refractivity contribution in [3.05, 3.63) is 0 Å². The van der Waals surface area contributed by atoms with Gasteiger partial charge in [-0.25, -0.2) is 12.8 Å². The average molecular weight is 209 g/mol. The lowest BCUT2D eigenvalue weighted by atomic mass is 9.96. The Bertz CT molecular complexity index is 235. The SMILES string of the molecule is O=S(=O)(CF)CCC1CCNCC1. The molecule has 0 aromatic rings. The van der Waals surface area contributed by atoms with E-state index in [0.29, 0.717) is 12.3 Å². The first kappa shape index (κ1) is 10.9. The van der Waals surface area contributed by atoms with Gasteiger partial charge in [0.1, 0.15) is 0 Å². The monoisotopic (exact) mass is 209 g/mol. The van der Waals surface area contributed by atoms with Gasteiger partial charge in [0.05, 0.1) is 5.75 Å². The fourth-order valence-corrected chi connectivity index (χ4v) is 2.37. The highest BCUT2D eigenvalue weighted by Gasteiger charge is 2.17. The molecule has 0 amide bonds. The molecule has 0 saturated carbocycles. The second-order valence-electron chi connectivity index (χ2n) is 3.54. The Labute approximate surface area is 78.6 Å². The quantitative estimate of drug-likeness (QED) is 0.742. The molecule has 3 nitrogen and oxygen atoms in total. The van der Waals surface area contributed by atoms with E-state index in [-0.39, 0.29) is 5.75 Å². The van der Waals surface area contributed by atoms with E-state index in [1.807, 2.05) is 0 Å². The van der Waals surface area contributed by atoms with Gasteiger partial charge < -0.3 is 5.32 Å². The molecule has 1 saturated heterocycles. The van der Waals surface area contributed by atoms with Gasteiger partial charge in [0.15, 0.2) is 15.8 Å². The molecule has 78 valence electrons. The van der Waals surface area contributed by atoms with Crippen molar-refractivity contribution >= 4 is 9.84 Å². The number of piperidine rings is 1. The summed E-state index contributed by atoms with van der Waals surface area (Å²) in [6, 6.07) is -1.21. The van der Waals surface area contributed by atoms with Gasteiger partial charge in [0, 0.05) is 0 Å². The largest absolute Gasteiger partial charge is 0.317 e. The summed E-state index contributed by atoms with van der Waals surface area (Å²) < 4.78 is 33.6. The van der Waals surface area contributed by atoms with Crippen LogP contribution in [0.2, 0.25) is 0 Å². The highest BCUT2D eigenvalue weighted by atomic mass is 32.2. The van der Waals surface area contributed by atoms with Crippen LogP contribution in [0.1, 0.15) is 19.3 Å². The van der Waals surface area contributed by atoms with E-state index in [2.05, 4.69) is 5.32 Å². The zero-order valence-corrected chi connectivity index (χ0v) is 8.45. The lowest BCUT2D eigenvalue weighted by Gasteiger charge is -2.21. The topological polar surface area (TPSA) is 46.2 Å². The zero-order chi connectivity index (χ0) is 9.73. The first-order valence-corrected chi connectivity index (χ1v) is 6.43. The highest BCUT2D eigenvalue weighted by Crippen LogP contribution is 2.16. The standard InChI is InChI=1S/C8H16FNO2S/c9-7-13(11,12)6-3-8-1-4-10-5-2-8/h8,10H,1-7H2.